The van der Waals surface area contributed by atoms with Crippen molar-refractivity contribution in [3.05, 3.63) is 26.7 Å². The number of methoxy groups -OCH3 is 1. The molecule has 3 nitrogen and oxygen atoms in total. The first-order valence-corrected chi connectivity index (χ1v) is 5.89. The van der Waals surface area contributed by atoms with Crippen LogP contribution in [0, 0.1) is 0 Å². The minimum absolute atomic E-state index is 0.341. The second kappa shape index (κ2) is 5.75. The molecule has 0 saturated heterocycles. The Morgan fingerprint density at radius 2 is 2.00 bits per heavy atom. The topological polar surface area (TPSA) is 35.5 Å². The molecule has 0 fully saturated rings. The quantitative estimate of drug-likeness (QED) is 0.627. The summed E-state index contributed by atoms with van der Waals surface area (Å²) in [4.78, 5) is 11.1. The van der Waals surface area contributed by atoms with Gasteiger partial charge >= 0.3 is 5.97 Å². The van der Waals surface area contributed by atoms with E-state index in [4.69, 9.17) is 27.9 Å². The summed E-state index contributed by atoms with van der Waals surface area (Å²) >= 11 is 15.0. The molecule has 1 aromatic rings. The van der Waals surface area contributed by atoms with Crippen molar-refractivity contribution >= 4 is 45.1 Å². The minimum atomic E-state index is -0.736. The SMILES string of the molecule is COC(=O)[C@@H](C)Oc1cc(Cl)c(Br)cc1Cl. The Labute approximate surface area is 112 Å². The number of halogens is 3. The van der Waals surface area contributed by atoms with Crippen LogP contribution in [0.5, 0.6) is 5.75 Å². The fourth-order valence-corrected chi connectivity index (χ4v) is 1.84. The summed E-state index contributed by atoms with van der Waals surface area (Å²) in [6.45, 7) is 1.57. The summed E-state index contributed by atoms with van der Waals surface area (Å²) in [7, 11) is 1.29. The monoisotopic (exact) mass is 326 g/mol. The van der Waals surface area contributed by atoms with Crippen LogP contribution in [0.4, 0.5) is 0 Å². The normalized spacial score (nSPS) is 12.1. The third-order valence-corrected chi connectivity index (χ3v) is 3.30. The predicted molar refractivity (Wildman–Crippen MR) is 66.3 cm³/mol. The van der Waals surface area contributed by atoms with E-state index in [9.17, 15) is 4.79 Å². The van der Waals surface area contributed by atoms with Gasteiger partial charge in [-0.25, -0.2) is 4.79 Å². The first-order chi connectivity index (χ1) is 7.45. The standard InChI is InChI=1S/C10H9BrCl2O3/c1-5(10(14)15-2)16-9-4-7(12)6(11)3-8(9)13/h3-5H,1-2H3/t5-/m1/s1. The van der Waals surface area contributed by atoms with Crippen molar-refractivity contribution in [2.75, 3.05) is 7.11 Å². The maximum Gasteiger partial charge on any atom is 0.346 e. The van der Waals surface area contributed by atoms with E-state index in [1.807, 2.05) is 0 Å². The first kappa shape index (κ1) is 13.6. The van der Waals surface area contributed by atoms with Crippen LogP contribution in [0.3, 0.4) is 0 Å². The smallest absolute Gasteiger partial charge is 0.346 e. The van der Waals surface area contributed by atoms with Crippen molar-refractivity contribution in [2.24, 2.45) is 0 Å². The van der Waals surface area contributed by atoms with E-state index in [1.165, 1.54) is 13.2 Å². The molecule has 0 bridgehead atoms. The molecule has 0 saturated carbocycles. The Morgan fingerprint density at radius 1 is 1.38 bits per heavy atom. The molecule has 16 heavy (non-hydrogen) atoms. The van der Waals surface area contributed by atoms with Gasteiger partial charge in [-0.15, -0.1) is 0 Å². The average Bonchev–Trinajstić information content (AvgIpc) is 2.24. The highest BCUT2D eigenvalue weighted by atomic mass is 79.9. The van der Waals surface area contributed by atoms with Crippen molar-refractivity contribution in [3.63, 3.8) is 0 Å². The van der Waals surface area contributed by atoms with E-state index in [-0.39, 0.29) is 0 Å². The van der Waals surface area contributed by atoms with Crippen molar-refractivity contribution < 1.29 is 14.3 Å². The van der Waals surface area contributed by atoms with E-state index in [1.54, 1.807) is 13.0 Å². The first-order valence-electron chi connectivity index (χ1n) is 4.34. The largest absolute Gasteiger partial charge is 0.477 e. The molecule has 0 aliphatic rings. The molecule has 0 heterocycles. The molecule has 0 aliphatic heterocycles. The summed E-state index contributed by atoms with van der Waals surface area (Å²) < 4.78 is 10.5. The zero-order valence-corrected chi connectivity index (χ0v) is 11.7. The molecule has 1 atom stereocenters. The summed E-state index contributed by atoms with van der Waals surface area (Å²) in [5.41, 5.74) is 0. The summed E-state index contributed by atoms with van der Waals surface area (Å²) in [6, 6.07) is 3.14. The minimum Gasteiger partial charge on any atom is -0.477 e. The number of esters is 1. The van der Waals surface area contributed by atoms with Gasteiger partial charge in [-0.3, -0.25) is 0 Å². The third-order valence-electron chi connectivity index (χ3n) is 1.81. The van der Waals surface area contributed by atoms with E-state index in [0.717, 1.165) is 0 Å². The number of carbonyl (C=O) groups excluding carboxylic acids is 1. The predicted octanol–water partition coefficient (Wildman–Crippen LogP) is 3.70. The van der Waals surface area contributed by atoms with Crippen LogP contribution in [0.15, 0.2) is 16.6 Å². The van der Waals surface area contributed by atoms with Gasteiger partial charge < -0.3 is 9.47 Å². The van der Waals surface area contributed by atoms with Gasteiger partial charge in [-0.1, -0.05) is 23.2 Å². The Bertz CT molecular complexity index is 409. The molecule has 88 valence electrons. The van der Waals surface area contributed by atoms with Gasteiger partial charge in [0.15, 0.2) is 6.10 Å². The third kappa shape index (κ3) is 3.27. The van der Waals surface area contributed by atoms with Crippen molar-refractivity contribution in [3.8, 4) is 5.75 Å². The van der Waals surface area contributed by atoms with E-state index < -0.39 is 12.1 Å². The maximum absolute atomic E-state index is 11.1. The molecule has 0 N–H and O–H groups in total. The van der Waals surface area contributed by atoms with Gasteiger partial charge in [-0.05, 0) is 28.9 Å². The fraction of sp³-hybridized carbons (Fsp3) is 0.300. The Balaban J connectivity index is 2.89. The molecule has 0 radical (unpaired) electrons. The highest BCUT2D eigenvalue weighted by molar-refractivity contribution is 9.10. The Hall–Kier alpha value is -0.450. The Morgan fingerprint density at radius 3 is 2.56 bits per heavy atom. The molecule has 0 aromatic heterocycles. The molecule has 0 aliphatic carbocycles. The average molecular weight is 328 g/mol. The number of carbonyl (C=O) groups is 1. The van der Waals surface area contributed by atoms with Crippen molar-refractivity contribution in [1.29, 1.82) is 0 Å². The lowest BCUT2D eigenvalue weighted by molar-refractivity contribution is -0.147. The van der Waals surface area contributed by atoms with Gasteiger partial charge in [-0.2, -0.15) is 0 Å². The number of hydrogen-bond donors (Lipinski definition) is 0. The fourth-order valence-electron chi connectivity index (χ4n) is 0.999. The number of hydrogen-bond acceptors (Lipinski definition) is 3. The molecule has 0 spiro atoms. The van der Waals surface area contributed by atoms with Gasteiger partial charge in [0.2, 0.25) is 0 Å². The van der Waals surface area contributed by atoms with Gasteiger partial charge in [0.25, 0.3) is 0 Å². The van der Waals surface area contributed by atoms with E-state index >= 15 is 0 Å². The summed E-state index contributed by atoms with van der Waals surface area (Å²) in [5, 5.41) is 0.823. The van der Waals surface area contributed by atoms with E-state index in [0.29, 0.717) is 20.3 Å². The Kier molecular flexibility index (Phi) is 4.89. The molecular weight excluding hydrogens is 319 g/mol. The maximum atomic E-state index is 11.1. The van der Waals surface area contributed by atoms with Gasteiger partial charge in [0.1, 0.15) is 5.75 Å². The second-order valence-electron chi connectivity index (χ2n) is 2.98. The van der Waals surface area contributed by atoms with Gasteiger partial charge in [0.05, 0.1) is 17.2 Å². The summed E-state index contributed by atoms with van der Waals surface area (Å²) in [6.07, 6.45) is -0.736. The molecule has 0 unspecified atom stereocenters. The van der Waals surface area contributed by atoms with Gasteiger partial charge in [0, 0.05) is 10.5 Å². The molecule has 0 amide bonds. The number of ether oxygens (including phenoxy) is 2. The zero-order valence-electron chi connectivity index (χ0n) is 8.59. The van der Waals surface area contributed by atoms with Crippen LogP contribution in [-0.2, 0) is 9.53 Å². The van der Waals surface area contributed by atoms with Crippen molar-refractivity contribution in [1.82, 2.24) is 0 Å². The van der Waals surface area contributed by atoms with Crippen LogP contribution in [0.25, 0.3) is 0 Å². The lowest BCUT2D eigenvalue weighted by Crippen LogP contribution is -2.25. The molecule has 1 aromatic carbocycles. The van der Waals surface area contributed by atoms with Crippen LogP contribution in [0.1, 0.15) is 6.92 Å². The lowest BCUT2D eigenvalue weighted by atomic mass is 10.3. The molecular formula is C10H9BrCl2O3. The van der Waals surface area contributed by atoms with Crippen LogP contribution in [-0.4, -0.2) is 19.2 Å². The zero-order chi connectivity index (χ0) is 12.3. The lowest BCUT2D eigenvalue weighted by Gasteiger charge is -2.14. The van der Waals surface area contributed by atoms with Crippen LogP contribution < -0.4 is 4.74 Å². The second-order valence-corrected chi connectivity index (χ2v) is 4.65. The highest BCUT2D eigenvalue weighted by Gasteiger charge is 2.17. The van der Waals surface area contributed by atoms with E-state index in [2.05, 4.69) is 20.7 Å². The summed E-state index contributed by atoms with van der Waals surface area (Å²) in [5.74, 6) is -0.136. The van der Waals surface area contributed by atoms with Crippen molar-refractivity contribution in [2.45, 2.75) is 13.0 Å². The number of rotatable bonds is 3. The molecule has 1 rings (SSSR count). The number of benzene rings is 1. The highest BCUT2D eigenvalue weighted by Crippen LogP contribution is 2.34. The van der Waals surface area contributed by atoms with Crippen LogP contribution in [0.2, 0.25) is 10.0 Å². The van der Waals surface area contributed by atoms with Crippen LogP contribution >= 0.6 is 39.1 Å². The molecule has 6 heteroatoms.